The Bertz CT molecular complexity index is 1080. The van der Waals surface area contributed by atoms with Gasteiger partial charge >= 0.3 is 12.4 Å². The molecule has 3 nitrogen and oxygen atoms in total. The molecule has 0 saturated carbocycles. The van der Waals surface area contributed by atoms with E-state index >= 15 is 0 Å². The highest BCUT2D eigenvalue weighted by Crippen LogP contribution is 2.32. The van der Waals surface area contributed by atoms with Gasteiger partial charge in [-0.3, -0.25) is 0 Å². The van der Waals surface area contributed by atoms with Crippen LogP contribution in [0.5, 0.6) is 17.2 Å². The van der Waals surface area contributed by atoms with Crippen molar-refractivity contribution in [2.24, 2.45) is 5.92 Å². The number of alkyl halides is 6. The molecule has 0 unspecified atom stereocenters. The van der Waals surface area contributed by atoms with E-state index in [0.717, 1.165) is 46.9 Å². The lowest BCUT2D eigenvalue weighted by atomic mass is 10.2. The highest BCUT2D eigenvalue weighted by molar-refractivity contribution is 7.99. The van der Waals surface area contributed by atoms with Gasteiger partial charge in [-0.15, -0.1) is 11.8 Å². The molecule has 10 heteroatoms. The zero-order chi connectivity index (χ0) is 27.8. The van der Waals surface area contributed by atoms with Gasteiger partial charge in [0.2, 0.25) is 0 Å². The summed E-state index contributed by atoms with van der Waals surface area (Å²) in [6.45, 7) is 4.87. The Morgan fingerprint density at radius 2 is 1.21 bits per heavy atom. The molecule has 0 aliphatic heterocycles. The summed E-state index contributed by atoms with van der Waals surface area (Å²) in [4.78, 5) is 0.986. The van der Waals surface area contributed by atoms with E-state index in [1.165, 1.54) is 24.3 Å². The first-order valence-electron chi connectivity index (χ1n) is 11.9. The Hall–Kier alpha value is -3.01. The summed E-state index contributed by atoms with van der Waals surface area (Å²) in [5.74, 6) is 1.67. The first-order valence-corrected chi connectivity index (χ1v) is 12.9. The third-order valence-electron chi connectivity index (χ3n) is 5.43. The molecular formula is C28H28F6O3S. The fourth-order valence-corrected chi connectivity index (χ4v) is 4.40. The van der Waals surface area contributed by atoms with Gasteiger partial charge < -0.3 is 14.2 Å². The summed E-state index contributed by atoms with van der Waals surface area (Å²) in [7, 11) is 0. The van der Waals surface area contributed by atoms with Crippen LogP contribution >= 0.6 is 11.8 Å². The molecule has 0 radical (unpaired) electrons. The van der Waals surface area contributed by atoms with E-state index in [1.807, 2.05) is 32.0 Å². The number of hydrogen-bond donors (Lipinski definition) is 0. The second kappa shape index (κ2) is 13.2. The molecule has 0 aromatic heterocycles. The van der Waals surface area contributed by atoms with Crippen molar-refractivity contribution in [2.45, 2.75) is 37.5 Å². The summed E-state index contributed by atoms with van der Waals surface area (Å²) in [5, 5.41) is 0. The van der Waals surface area contributed by atoms with Gasteiger partial charge in [-0.2, -0.15) is 26.3 Å². The number of thioether (sulfide) groups is 1. The topological polar surface area (TPSA) is 27.7 Å². The molecule has 206 valence electrons. The summed E-state index contributed by atoms with van der Waals surface area (Å²) in [6.07, 6.45) is -7.99. The Labute approximate surface area is 222 Å². The Balaban J connectivity index is 1.65. The number of aryl methyl sites for hydroxylation is 1. The molecule has 38 heavy (non-hydrogen) atoms. The number of halogens is 6. The first-order chi connectivity index (χ1) is 18.0. The van der Waals surface area contributed by atoms with Gasteiger partial charge in [0.05, 0.1) is 30.9 Å². The largest absolute Gasteiger partial charge is 0.493 e. The first kappa shape index (κ1) is 29.5. The van der Waals surface area contributed by atoms with Crippen LogP contribution in [0.4, 0.5) is 26.3 Å². The van der Waals surface area contributed by atoms with E-state index in [4.69, 9.17) is 14.2 Å². The summed E-state index contributed by atoms with van der Waals surface area (Å²) in [6, 6.07) is 14.6. The molecule has 0 spiro atoms. The molecule has 0 bridgehead atoms. The van der Waals surface area contributed by atoms with E-state index in [0.29, 0.717) is 12.4 Å². The Morgan fingerprint density at radius 3 is 1.63 bits per heavy atom. The van der Waals surface area contributed by atoms with Gasteiger partial charge in [-0.05, 0) is 85.6 Å². The molecular weight excluding hydrogens is 530 g/mol. The molecule has 0 heterocycles. The van der Waals surface area contributed by atoms with E-state index in [2.05, 4.69) is 0 Å². The molecule has 3 rings (SSSR count). The zero-order valence-electron chi connectivity index (χ0n) is 20.9. The van der Waals surface area contributed by atoms with Crippen LogP contribution in [0.3, 0.4) is 0 Å². The lowest BCUT2D eigenvalue weighted by Gasteiger charge is -2.19. The van der Waals surface area contributed by atoms with Crippen LogP contribution in [0, 0.1) is 12.8 Å². The summed E-state index contributed by atoms with van der Waals surface area (Å²) < 4.78 is 94.2. The van der Waals surface area contributed by atoms with E-state index in [1.54, 1.807) is 11.8 Å². The fraction of sp³-hybridized carbons (Fsp3) is 0.357. The second-order valence-electron chi connectivity index (χ2n) is 8.62. The maximum Gasteiger partial charge on any atom is 0.416 e. The monoisotopic (exact) mass is 558 g/mol. The maximum atomic E-state index is 12.8. The minimum Gasteiger partial charge on any atom is -0.493 e. The van der Waals surface area contributed by atoms with Crippen molar-refractivity contribution in [3.8, 4) is 17.2 Å². The predicted molar refractivity (Wildman–Crippen MR) is 135 cm³/mol. The van der Waals surface area contributed by atoms with Gasteiger partial charge in [0.15, 0.2) is 0 Å². The van der Waals surface area contributed by atoms with Gasteiger partial charge in [-0.25, -0.2) is 0 Å². The quantitative estimate of drug-likeness (QED) is 0.164. The smallest absolute Gasteiger partial charge is 0.416 e. The Morgan fingerprint density at radius 1 is 0.711 bits per heavy atom. The Kier molecular flexibility index (Phi) is 10.2. The zero-order valence-corrected chi connectivity index (χ0v) is 21.7. The van der Waals surface area contributed by atoms with Crippen molar-refractivity contribution >= 4 is 11.8 Å². The highest BCUT2D eigenvalue weighted by atomic mass is 32.2. The second-order valence-corrected chi connectivity index (χ2v) is 9.71. The number of benzene rings is 3. The third kappa shape index (κ3) is 9.08. The van der Waals surface area contributed by atoms with Crippen molar-refractivity contribution in [1.29, 1.82) is 0 Å². The van der Waals surface area contributed by atoms with Crippen LogP contribution in [-0.2, 0) is 12.4 Å². The van der Waals surface area contributed by atoms with Crippen LogP contribution in [0.25, 0.3) is 0 Å². The normalized spacial score (nSPS) is 12.0. The molecule has 0 amide bonds. The molecule has 3 aromatic carbocycles. The lowest BCUT2D eigenvalue weighted by molar-refractivity contribution is -0.138. The van der Waals surface area contributed by atoms with E-state index < -0.39 is 23.5 Å². The lowest BCUT2D eigenvalue weighted by Crippen LogP contribution is -2.22. The van der Waals surface area contributed by atoms with Crippen LogP contribution in [0.15, 0.2) is 71.6 Å². The van der Waals surface area contributed by atoms with Crippen molar-refractivity contribution < 1.29 is 40.6 Å². The number of hydrogen-bond acceptors (Lipinski definition) is 4. The average Bonchev–Trinajstić information content (AvgIpc) is 2.87. The van der Waals surface area contributed by atoms with Crippen LogP contribution in [0.1, 0.15) is 30.0 Å². The van der Waals surface area contributed by atoms with Crippen molar-refractivity contribution in [3.63, 3.8) is 0 Å². The van der Waals surface area contributed by atoms with Gasteiger partial charge in [0.25, 0.3) is 0 Å². The average molecular weight is 559 g/mol. The predicted octanol–water partition coefficient (Wildman–Crippen LogP) is 8.69. The molecule has 0 aliphatic rings. The van der Waals surface area contributed by atoms with Crippen LogP contribution in [0.2, 0.25) is 0 Å². The minimum atomic E-state index is -4.44. The molecule has 0 fully saturated rings. The van der Waals surface area contributed by atoms with E-state index in [-0.39, 0.29) is 30.6 Å². The van der Waals surface area contributed by atoms with E-state index in [9.17, 15) is 26.3 Å². The van der Waals surface area contributed by atoms with Crippen molar-refractivity contribution in [1.82, 2.24) is 0 Å². The highest BCUT2D eigenvalue weighted by Gasteiger charge is 2.31. The molecule has 0 N–H and O–H groups in total. The fourth-order valence-electron chi connectivity index (χ4n) is 3.35. The van der Waals surface area contributed by atoms with Crippen molar-refractivity contribution in [3.05, 3.63) is 83.4 Å². The van der Waals surface area contributed by atoms with Crippen molar-refractivity contribution in [2.75, 3.05) is 25.6 Å². The molecule has 0 saturated heterocycles. The minimum absolute atomic E-state index is 0.135. The molecule has 3 aromatic rings. The summed E-state index contributed by atoms with van der Waals surface area (Å²) in [5.41, 5.74) is -0.560. The van der Waals surface area contributed by atoms with Crippen LogP contribution in [-0.4, -0.2) is 25.6 Å². The maximum absolute atomic E-state index is 12.8. The van der Waals surface area contributed by atoms with Gasteiger partial charge in [0.1, 0.15) is 17.2 Å². The third-order valence-corrected chi connectivity index (χ3v) is 6.65. The molecule has 0 aliphatic carbocycles. The molecule has 0 atom stereocenters. The van der Waals surface area contributed by atoms with Crippen LogP contribution < -0.4 is 14.2 Å². The number of rotatable bonds is 12. The number of ether oxygens (including phenoxy) is 3. The standard InChI is InChI=1S/C28H28F6O3S/c1-3-14-35-26-13-12-25(15-19(26)2)38-18-20(16-36-23-8-4-21(5-9-23)27(29,30)31)17-37-24-10-6-22(7-11-24)28(32,33)34/h4-13,15,20H,3,14,16-18H2,1-2H3. The van der Waals surface area contributed by atoms with Gasteiger partial charge in [-0.1, -0.05) is 6.92 Å². The van der Waals surface area contributed by atoms with Gasteiger partial charge in [0, 0.05) is 16.6 Å². The summed E-state index contributed by atoms with van der Waals surface area (Å²) >= 11 is 1.54. The SMILES string of the molecule is CCCOc1ccc(SCC(COc2ccc(C(F)(F)F)cc2)COc2ccc(C(F)(F)F)cc2)cc1C.